The molecule has 6 heteroatoms. The van der Waals surface area contributed by atoms with E-state index in [-0.39, 0.29) is 10.8 Å². The molecule has 0 spiro atoms. The van der Waals surface area contributed by atoms with E-state index in [0.29, 0.717) is 11.3 Å². The Hall–Kier alpha value is -3.12. The smallest absolute Gasteiger partial charge is 0.261 e. The number of nitrogens with zero attached hydrogens (tertiary/aromatic N) is 1. The molecular weight excluding hydrogens is 360 g/mol. The fourth-order valence-corrected chi connectivity index (χ4v) is 3.77. The van der Waals surface area contributed by atoms with Gasteiger partial charge in [-0.1, -0.05) is 42.5 Å². The second-order valence-corrected chi connectivity index (χ2v) is 7.83. The Morgan fingerprint density at radius 2 is 1.48 bits per heavy atom. The van der Waals surface area contributed by atoms with Crippen molar-refractivity contribution in [2.45, 2.75) is 11.8 Å². The number of hydrogen-bond donors (Lipinski definition) is 1. The number of nitrogens with one attached hydrogen (secondary N) is 1. The molecule has 1 N–H and O–H groups in total. The van der Waals surface area contributed by atoms with E-state index in [9.17, 15) is 13.2 Å². The summed E-state index contributed by atoms with van der Waals surface area (Å²) in [6, 6.07) is 22.4. The molecule has 3 rings (SSSR count). The summed E-state index contributed by atoms with van der Waals surface area (Å²) in [5.41, 5.74) is 2.27. The summed E-state index contributed by atoms with van der Waals surface area (Å²) in [5, 5.41) is 0. The van der Waals surface area contributed by atoms with Crippen LogP contribution < -0.4 is 9.62 Å². The van der Waals surface area contributed by atoms with Crippen LogP contribution in [-0.4, -0.2) is 21.4 Å². The first-order valence-corrected chi connectivity index (χ1v) is 9.88. The molecule has 0 aromatic heterocycles. The van der Waals surface area contributed by atoms with E-state index in [1.807, 2.05) is 30.3 Å². The third-order valence-electron chi connectivity index (χ3n) is 4.23. The molecular formula is C21H20N2O3S. The summed E-state index contributed by atoms with van der Waals surface area (Å²) in [7, 11) is -2.04. The molecule has 0 fully saturated rings. The topological polar surface area (TPSA) is 66.5 Å². The lowest BCUT2D eigenvalue weighted by Crippen LogP contribution is -2.26. The lowest BCUT2D eigenvalue weighted by molar-refractivity contribution is 0.0993. The van der Waals surface area contributed by atoms with Crippen LogP contribution in [0.25, 0.3) is 0 Å². The Morgan fingerprint density at radius 3 is 2.11 bits per heavy atom. The minimum atomic E-state index is -3.73. The molecule has 3 aromatic rings. The maximum atomic E-state index is 12.8. The van der Waals surface area contributed by atoms with Crippen molar-refractivity contribution in [2.75, 3.05) is 16.7 Å². The second-order valence-electron chi connectivity index (χ2n) is 6.15. The van der Waals surface area contributed by atoms with Crippen LogP contribution in [0.2, 0.25) is 0 Å². The van der Waals surface area contributed by atoms with Gasteiger partial charge in [-0.3, -0.25) is 9.52 Å². The number of amides is 1. The molecule has 0 saturated heterocycles. The highest BCUT2D eigenvalue weighted by atomic mass is 32.2. The van der Waals surface area contributed by atoms with E-state index in [1.54, 1.807) is 50.4 Å². The van der Waals surface area contributed by atoms with Crippen molar-refractivity contribution in [3.05, 3.63) is 90.0 Å². The molecule has 0 heterocycles. The lowest BCUT2D eigenvalue weighted by atomic mass is 10.1. The van der Waals surface area contributed by atoms with Crippen molar-refractivity contribution in [3.8, 4) is 0 Å². The third kappa shape index (κ3) is 4.17. The summed E-state index contributed by atoms with van der Waals surface area (Å²) in [4.78, 5) is 14.5. The van der Waals surface area contributed by atoms with Gasteiger partial charge in [0.1, 0.15) is 0 Å². The quantitative estimate of drug-likeness (QED) is 0.725. The first-order chi connectivity index (χ1) is 12.9. The average Bonchev–Trinajstić information content (AvgIpc) is 2.70. The zero-order valence-corrected chi connectivity index (χ0v) is 15.9. The summed E-state index contributed by atoms with van der Waals surface area (Å²) in [6.45, 7) is 1.79. The van der Waals surface area contributed by atoms with Crippen molar-refractivity contribution in [2.24, 2.45) is 0 Å². The number of benzene rings is 3. The van der Waals surface area contributed by atoms with Gasteiger partial charge in [0.2, 0.25) is 0 Å². The van der Waals surface area contributed by atoms with E-state index < -0.39 is 10.0 Å². The zero-order chi connectivity index (χ0) is 19.4. The molecule has 0 atom stereocenters. The van der Waals surface area contributed by atoms with E-state index in [0.717, 1.165) is 11.3 Å². The van der Waals surface area contributed by atoms with Crippen molar-refractivity contribution in [1.82, 2.24) is 0 Å². The van der Waals surface area contributed by atoms with Gasteiger partial charge in [-0.05, 0) is 48.9 Å². The molecule has 27 heavy (non-hydrogen) atoms. The SMILES string of the molecule is Cc1ccc(C(=O)N(C)c2ccccc2)cc1NS(=O)(=O)c1ccccc1. The first-order valence-electron chi connectivity index (χ1n) is 8.40. The summed E-state index contributed by atoms with van der Waals surface area (Å²) < 4.78 is 27.7. The fraction of sp³-hybridized carbons (Fsp3) is 0.0952. The van der Waals surface area contributed by atoms with Gasteiger partial charge in [-0.25, -0.2) is 8.42 Å². The molecule has 0 bridgehead atoms. The summed E-state index contributed by atoms with van der Waals surface area (Å²) in [5.74, 6) is -0.221. The molecule has 1 amide bonds. The van der Waals surface area contributed by atoms with Gasteiger partial charge in [-0.15, -0.1) is 0 Å². The first kappa shape index (κ1) is 18.7. The third-order valence-corrected chi connectivity index (χ3v) is 5.61. The molecule has 0 aliphatic carbocycles. The molecule has 0 aliphatic rings. The largest absolute Gasteiger partial charge is 0.311 e. The summed E-state index contributed by atoms with van der Waals surface area (Å²) in [6.07, 6.45) is 0. The number of aryl methyl sites for hydroxylation is 1. The number of para-hydroxylation sites is 1. The van der Waals surface area contributed by atoms with Crippen molar-refractivity contribution >= 4 is 27.3 Å². The van der Waals surface area contributed by atoms with Crippen LogP contribution in [0.3, 0.4) is 0 Å². The minimum Gasteiger partial charge on any atom is -0.311 e. The molecule has 0 aliphatic heterocycles. The Labute approximate surface area is 159 Å². The lowest BCUT2D eigenvalue weighted by Gasteiger charge is -2.18. The maximum absolute atomic E-state index is 12.8. The number of sulfonamides is 1. The van der Waals surface area contributed by atoms with Crippen molar-refractivity contribution in [3.63, 3.8) is 0 Å². The highest BCUT2D eigenvalue weighted by Gasteiger charge is 2.18. The van der Waals surface area contributed by atoms with Crippen LogP contribution >= 0.6 is 0 Å². The van der Waals surface area contributed by atoms with E-state index in [2.05, 4.69) is 4.72 Å². The standard InChI is InChI=1S/C21H20N2O3S/c1-16-13-14-17(21(24)23(2)18-9-5-3-6-10-18)15-20(16)22-27(25,26)19-11-7-4-8-12-19/h3-15,22H,1-2H3. The predicted molar refractivity (Wildman–Crippen MR) is 108 cm³/mol. The predicted octanol–water partition coefficient (Wildman–Crippen LogP) is 4.07. The molecule has 3 aromatic carbocycles. The minimum absolute atomic E-state index is 0.169. The average molecular weight is 380 g/mol. The maximum Gasteiger partial charge on any atom is 0.261 e. The van der Waals surface area contributed by atoms with E-state index in [1.165, 1.54) is 17.0 Å². The molecule has 0 unspecified atom stereocenters. The fourth-order valence-electron chi connectivity index (χ4n) is 2.63. The van der Waals surface area contributed by atoms with Gasteiger partial charge in [0, 0.05) is 18.3 Å². The monoisotopic (exact) mass is 380 g/mol. The van der Waals surface area contributed by atoms with Gasteiger partial charge in [0.05, 0.1) is 10.6 Å². The zero-order valence-electron chi connectivity index (χ0n) is 15.1. The second kappa shape index (κ2) is 7.63. The Bertz CT molecular complexity index is 1050. The van der Waals surface area contributed by atoms with Gasteiger partial charge in [-0.2, -0.15) is 0 Å². The van der Waals surface area contributed by atoms with Gasteiger partial charge in [0.25, 0.3) is 15.9 Å². The molecule has 0 saturated carbocycles. The summed E-state index contributed by atoms with van der Waals surface area (Å²) >= 11 is 0. The van der Waals surface area contributed by atoms with Crippen LogP contribution in [0, 0.1) is 6.92 Å². The van der Waals surface area contributed by atoms with Crippen molar-refractivity contribution < 1.29 is 13.2 Å². The number of carbonyl (C=O) groups excluding carboxylic acids is 1. The van der Waals surface area contributed by atoms with Gasteiger partial charge >= 0.3 is 0 Å². The van der Waals surface area contributed by atoms with Crippen LogP contribution in [0.1, 0.15) is 15.9 Å². The molecule has 5 nitrogen and oxygen atoms in total. The highest BCUT2D eigenvalue weighted by Crippen LogP contribution is 2.23. The van der Waals surface area contributed by atoms with Crippen LogP contribution in [-0.2, 0) is 10.0 Å². The Balaban J connectivity index is 1.90. The van der Waals surface area contributed by atoms with Crippen LogP contribution in [0.15, 0.2) is 83.8 Å². The van der Waals surface area contributed by atoms with Crippen molar-refractivity contribution in [1.29, 1.82) is 0 Å². The van der Waals surface area contributed by atoms with Crippen LogP contribution in [0.4, 0.5) is 11.4 Å². The highest BCUT2D eigenvalue weighted by molar-refractivity contribution is 7.92. The Kier molecular flexibility index (Phi) is 5.28. The van der Waals surface area contributed by atoms with E-state index in [4.69, 9.17) is 0 Å². The normalized spacial score (nSPS) is 11.0. The van der Waals surface area contributed by atoms with E-state index >= 15 is 0 Å². The van der Waals surface area contributed by atoms with Crippen LogP contribution in [0.5, 0.6) is 0 Å². The number of carbonyl (C=O) groups is 1. The van der Waals surface area contributed by atoms with Gasteiger partial charge < -0.3 is 4.90 Å². The molecule has 0 radical (unpaired) electrons. The molecule has 138 valence electrons. The number of anilines is 2. The van der Waals surface area contributed by atoms with Gasteiger partial charge in [0.15, 0.2) is 0 Å². The Morgan fingerprint density at radius 1 is 0.889 bits per heavy atom. The number of rotatable bonds is 5. The number of hydrogen-bond acceptors (Lipinski definition) is 3.